The van der Waals surface area contributed by atoms with E-state index in [1.165, 1.54) is 0 Å². The molecule has 0 bridgehead atoms. The number of rotatable bonds is 2. The summed E-state index contributed by atoms with van der Waals surface area (Å²) < 4.78 is 9.39. The van der Waals surface area contributed by atoms with Gasteiger partial charge in [-0.3, -0.25) is 0 Å². The Labute approximate surface area is 69.4 Å². The van der Waals surface area contributed by atoms with Gasteiger partial charge >= 0.3 is 0 Å². The molecule has 1 aromatic heterocycles. The zero-order chi connectivity index (χ0) is 8.97. The summed E-state index contributed by atoms with van der Waals surface area (Å²) in [7, 11) is 0. The van der Waals surface area contributed by atoms with E-state index < -0.39 is 0 Å². The molecular formula is C6H10N4O2. The second-order valence-electron chi connectivity index (χ2n) is 2.04. The van der Waals surface area contributed by atoms with E-state index in [2.05, 4.69) is 19.9 Å². The highest BCUT2D eigenvalue weighted by molar-refractivity contribution is 5.77. The Kier molecular flexibility index (Phi) is 2.62. The number of ether oxygens (including phenoxy) is 1. The van der Waals surface area contributed by atoms with Crippen LogP contribution in [0.5, 0.6) is 0 Å². The summed E-state index contributed by atoms with van der Waals surface area (Å²) in [6.45, 7) is 4.13. The van der Waals surface area contributed by atoms with Crippen molar-refractivity contribution >= 4 is 17.5 Å². The number of nitrogens with two attached hydrogens (primary N) is 1. The Bertz CT molecular complexity index is 281. The number of hydrogen-bond donors (Lipinski definition) is 1. The third-order valence-electron chi connectivity index (χ3n) is 1.11. The molecule has 6 nitrogen and oxygen atoms in total. The van der Waals surface area contributed by atoms with E-state index >= 15 is 0 Å². The molecular weight excluding hydrogens is 160 g/mol. The SMILES string of the molecule is CCOC(C)=Nc1nonc1N. The number of nitrogens with zero attached hydrogens (tertiary/aromatic N) is 3. The van der Waals surface area contributed by atoms with Gasteiger partial charge < -0.3 is 10.5 Å². The second kappa shape index (κ2) is 3.70. The van der Waals surface area contributed by atoms with Gasteiger partial charge in [-0.05, 0) is 17.2 Å². The molecule has 1 heterocycles. The molecule has 0 aliphatic heterocycles. The number of nitrogen functional groups attached to an aromatic ring is 1. The summed E-state index contributed by atoms with van der Waals surface area (Å²) in [6, 6.07) is 0. The van der Waals surface area contributed by atoms with Gasteiger partial charge in [0.25, 0.3) is 0 Å². The molecule has 0 aliphatic rings. The number of anilines is 1. The van der Waals surface area contributed by atoms with Gasteiger partial charge in [-0.1, -0.05) is 0 Å². The minimum Gasteiger partial charge on any atom is -0.481 e. The predicted molar refractivity (Wildman–Crippen MR) is 43.1 cm³/mol. The first-order valence-electron chi connectivity index (χ1n) is 3.50. The maximum atomic E-state index is 5.36. The van der Waals surface area contributed by atoms with Crippen molar-refractivity contribution in [1.29, 1.82) is 0 Å². The fraction of sp³-hybridized carbons (Fsp3) is 0.500. The third kappa shape index (κ3) is 1.94. The summed E-state index contributed by atoms with van der Waals surface area (Å²) in [6.07, 6.45) is 0. The molecule has 0 aromatic carbocycles. The van der Waals surface area contributed by atoms with Gasteiger partial charge in [0, 0.05) is 6.92 Å². The van der Waals surface area contributed by atoms with Crippen LogP contribution in [-0.4, -0.2) is 22.8 Å². The third-order valence-corrected chi connectivity index (χ3v) is 1.11. The predicted octanol–water partition coefficient (Wildman–Crippen LogP) is 0.738. The van der Waals surface area contributed by atoms with Gasteiger partial charge in [0.1, 0.15) is 0 Å². The monoisotopic (exact) mass is 170 g/mol. The van der Waals surface area contributed by atoms with Crippen LogP contribution >= 0.6 is 0 Å². The largest absolute Gasteiger partial charge is 0.481 e. The first-order valence-corrected chi connectivity index (χ1v) is 3.50. The highest BCUT2D eigenvalue weighted by atomic mass is 16.6. The molecule has 6 heteroatoms. The van der Waals surface area contributed by atoms with Crippen molar-refractivity contribution in [2.75, 3.05) is 12.3 Å². The van der Waals surface area contributed by atoms with E-state index in [0.717, 1.165) is 0 Å². The Balaban J connectivity index is 2.73. The lowest BCUT2D eigenvalue weighted by Crippen LogP contribution is -1.98. The van der Waals surface area contributed by atoms with Crippen LogP contribution in [0.2, 0.25) is 0 Å². The normalized spacial score (nSPS) is 11.7. The first-order chi connectivity index (χ1) is 5.74. The van der Waals surface area contributed by atoms with E-state index in [4.69, 9.17) is 10.5 Å². The van der Waals surface area contributed by atoms with Crippen molar-refractivity contribution in [3.05, 3.63) is 0 Å². The van der Waals surface area contributed by atoms with Crippen LogP contribution in [0.15, 0.2) is 9.62 Å². The van der Waals surface area contributed by atoms with Crippen LogP contribution in [0.3, 0.4) is 0 Å². The quantitative estimate of drug-likeness (QED) is 0.522. The van der Waals surface area contributed by atoms with Crippen molar-refractivity contribution in [3.63, 3.8) is 0 Å². The lowest BCUT2D eigenvalue weighted by molar-refractivity contribution is 0.308. The van der Waals surface area contributed by atoms with Crippen LogP contribution in [0, 0.1) is 0 Å². The average Bonchev–Trinajstić information content (AvgIpc) is 2.37. The molecule has 0 radical (unpaired) electrons. The van der Waals surface area contributed by atoms with E-state index in [1.54, 1.807) is 6.92 Å². The Morgan fingerprint density at radius 2 is 2.42 bits per heavy atom. The van der Waals surface area contributed by atoms with E-state index in [1.807, 2.05) is 6.92 Å². The van der Waals surface area contributed by atoms with Crippen LogP contribution < -0.4 is 5.73 Å². The fourth-order valence-corrected chi connectivity index (χ4v) is 0.659. The highest BCUT2D eigenvalue weighted by Gasteiger charge is 2.03. The van der Waals surface area contributed by atoms with Crippen LogP contribution in [0.25, 0.3) is 0 Å². The fourth-order valence-electron chi connectivity index (χ4n) is 0.659. The van der Waals surface area contributed by atoms with Crippen LogP contribution in [0.4, 0.5) is 11.6 Å². The lowest BCUT2D eigenvalue weighted by Gasteiger charge is -1.98. The molecule has 0 fully saturated rings. The van der Waals surface area contributed by atoms with Crippen molar-refractivity contribution in [1.82, 2.24) is 10.3 Å². The molecule has 1 rings (SSSR count). The lowest BCUT2D eigenvalue weighted by atomic mass is 10.6. The number of hydrogen-bond acceptors (Lipinski definition) is 6. The number of aromatic nitrogens is 2. The van der Waals surface area contributed by atoms with Gasteiger partial charge in [-0.15, -0.1) is 0 Å². The molecule has 2 N–H and O–H groups in total. The number of aliphatic imine (C=N–C) groups is 1. The smallest absolute Gasteiger partial charge is 0.243 e. The highest BCUT2D eigenvalue weighted by Crippen LogP contribution is 2.14. The van der Waals surface area contributed by atoms with Crippen molar-refractivity contribution in [3.8, 4) is 0 Å². The minimum atomic E-state index is 0.161. The van der Waals surface area contributed by atoms with E-state index in [9.17, 15) is 0 Å². The molecule has 12 heavy (non-hydrogen) atoms. The van der Waals surface area contributed by atoms with Gasteiger partial charge in [-0.25, -0.2) is 4.63 Å². The molecule has 0 atom stereocenters. The summed E-state index contributed by atoms with van der Waals surface area (Å²) in [5.41, 5.74) is 5.36. The maximum Gasteiger partial charge on any atom is 0.243 e. The molecule has 1 aromatic rings. The van der Waals surface area contributed by atoms with Gasteiger partial charge in [0.2, 0.25) is 11.6 Å². The molecule has 0 saturated heterocycles. The molecule has 0 aliphatic carbocycles. The topological polar surface area (TPSA) is 86.5 Å². The molecule has 0 amide bonds. The van der Waals surface area contributed by atoms with Crippen LogP contribution in [0.1, 0.15) is 13.8 Å². The zero-order valence-corrected chi connectivity index (χ0v) is 6.94. The van der Waals surface area contributed by atoms with Gasteiger partial charge in [0.05, 0.1) is 6.61 Å². The summed E-state index contributed by atoms with van der Waals surface area (Å²) in [4.78, 5) is 3.91. The minimum absolute atomic E-state index is 0.161. The second-order valence-corrected chi connectivity index (χ2v) is 2.04. The molecule has 0 spiro atoms. The van der Waals surface area contributed by atoms with Gasteiger partial charge in [-0.2, -0.15) is 4.99 Å². The molecule has 0 unspecified atom stereocenters. The van der Waals surface area contributed by atoms with Gasteiger partial charge in [0.15, 0.2) is 5.90 Å². The Morgan fingerprint density at radius 1 is 1.67 bits per heavy atom. The summed E-state index contributed by atoms with van der Waals surface area (Å²) in [5.74, 6) is 0.898. The standard InChI is InChI=1S/C6H10N4O2/c1-3-11-4(2)8-6-5(7)9-12-10-6/h3H2,1-2H3,(H2,7,9). The molecule has 66 valence electrons. The Morgan fingerprint density at radius 3 is 2.92 bits per heavy atom. The average molecular weight is 170 g/mol. The maximum absolute atomic E-state index is 5.36. The van der Waals surface area contributed by atoms with Crippen molar-refractivity contribution in [2.45, 2.75) is 13.8 Å². The summed E-state index contributed by atoms with van der Waals surface area (Å²) >= 11 is 0. The molecule has 0 saturated carbocycles. The summed E-state index contributed by atoms with van der Waals surface area (Å²) in [5, 5.41) is 6.82. The van der Waals surface area contributed by atoms with Crippen molar-refractivity contribution < 1.29 is 9.37 Å². The van der Waals surface area contributed by atoms with E-state index in [-0.39, 0.29) is 11.6 Å². The van der Waals surface area contributed by atoms with Crippen LogP contribution in [-0.2, 0) is 4.74 Å². The van der Waals surface area contributed by atoms with Crippen molar-refractivity contribution in [2.24, 2.45) is 4.99 Å². The zero-order valence-electron chi connectivity index (χ0n) is 6.94. The first kappa shape index (κ1) is 8.51. The van der Waals surface area contributed by atoms with E-state index in [0.29, 0.717) is 12.5 Å². The Hall–Kier alpha value is -1.59.